The normalized spacial score (nSPS) is 12.9. The van der Waals surface area contributed by atoms with Gasteiger partial charge in [-0.1, -0.05) is 17.7 Å². The van der Waals surface area contributed by atoms with Gasteiger partial charge in [-0.2, -0.15) is 0 Å². The van der Waals surface area contributed by atoms with Gasteiger partial charge in [-0.15, -0.1) is 0 Å². The van der Waals surface area contributed by atoms with E-state index < -0.39 is 6.10 Å². The number of aliphatic hydroxyl groups excluding tert-OH is 2. The van der Waals surface area contributed by atoms with Gasteiger partial charge in [0.1, 0.15) is 0 Å². The molecule has 0 radical (unpaired) electrons. The Labute approximate surface area is 108 Å². The second-order valence-corrected chi connectivity index (χ2v) is 4.80. The second-order valence-electron chi connectivity index (χ2n) is 4.40. The van der Waals surface area contributed by atoms with Crippen molar-refractivity contribution < 1.29 is 10.2 Å². The number of rotatable bonds is 5. The average molecular weight is 258 g/mol. The highest BCUT2D eigenvalue weighted by molar-refractivity contribution is 6.33. The number of anilines is 1. The lowest BCUT2D eigenvalue weighted by Gasteiger charge is -2.29. The van der Waals surface area contributed by atoms with E-state index >= 15 is 0 Å². The molecule has 0 amide bonds. The zero-order chi connectivity index (χ0) is 13.0. The van der Waals surface area contributed by atoms with Gasteiger partial charge < -0.3 is 15.1 Å². The van der Waals surface area contributed by atoms with E-state index in [-0.39, 0.29) is 12.6 Å². The molecule has 2 N–H and O–H groups in total. The molecule has 0 aliphatic heterocycles. The van der Waals surface area contributed by atoms with Crippen molar-refractivity contribution in [3.63, 3.8) is 0 Å². The fourth-order valence-electron chi connectivity index (χ4n) is 1.78. The average Bonchev–Trinajstić information content (AvgIpc) is 2.26. The third kappa shape index (κ3) is 3.60. The molecule has 0 aliphatic rings. The topological polar surface area (TPSA) is 43.7 Å². The van der Waals surface area contributed by atoms with E-state index in [1.807, 2.05) is 17.0 Å². The SMILES string of the molecule is CC(C)N(CCO)c1ccc([C@@H](C)O)cc1Cl. The highest BCUT2D eigenvalue weighted by Crippen LogP contribution is 2.30. The zero-order valence-corrected chi connectivity index (χ0v) is 11.3. The van der Waals surface area contributed by atoms with Crippen LogP contribution in [-0.2, 0) is 0 Å². The van der Waals surface area contributed by atoms with Gasteiger partial charge in [-0.05, 0) is 38.5 Å². The van der Waals surface area contributed by atoms with Gasteiger partial charge >= 0.3 is 0 Å². The Morgan fingerprint density at radius 2 is 1.94 bits per heavy atom. The van der Waals surface area contributed by atoms with Gasteiger partial charge in [0.15, 0.2) is 0 Å². The van der Waals surface area contributed by atoms with E-state index in [0.29, 0.717) is 11.6 Å². The van der Waals surface area contributed by atoms with E-state index in [9.17, 15) is 5.11 Å². The number of benzene rings is 1. The Balaban J connectivity index is 3.04. The summed E-state index contributed by atoms with van der Waals surface area (Å²) in [6.07, 6.45) is -0.521. The van der Waals surface area contributed by atoms with Crippen molar-refractivity contribution in [2.75, 3.05) is 18.1 Å². The third-order valence-electron chi connectivity index (χ3n) is 2.73. The molecule has 0 fully saturated rings. The lowest BCUT2D eigenvalue weighted by molar-refractivity contribution is 0.199. The lowest BCUT2D eigenvalue weighted by Crippen LogP contribution is -2.33. The molecule has 1 rings (SSSR count). The summed E-state index contributed by atoms with van der Waals surface area (Å²) in [5.74, 6) is 0. The van der Waals surface area contributed by atoms with Crippen molar-refractivity contribution >= 4 is 17.3 Å². The van der Waals surface area contributed by atoms with Crippen molar-refractivity contribution in [1.82, 2.24) is 0 Å². The molecule has 0 bridgehead atoms. The molecular weight excluding hydrogens is 238 g/mol. The predicted octanol–water partition coefficient (Wildman–Crippen LogP) is 2.60. The summed E-state index contributed by atoms with van der Waals surface area (Å²) in [5.41, 5.74) is 1.69. The Bertz CT molecular complexity index is 366. The van der Waals surface area contributed by atoms with E-state index in [4.69, 9.17) is 16.7 Å². The van der Waals surface area contributed by atoms with Gasteiger partial charge in [0.05, 0.1) is 23.4 Å². The number of halogens is 1. The highest BCUT2D eigenvalue weighted by atomic mass is 35.5. The molecule has 3 nitrogen and oxygen atoms in total. The minimum Gasteiger partial charge on any atom is -0.395 e. The van der Waals surface area contributed by atoms with Crippen LogP contribution in [0.5, 0.6) is 0 Å². The van der Waals surface area contributed by atoms with E-state index in [2.05, 4.69) is 13.8 Å². The largest absolute Gasteiger partial charge is 0.395 e. The molecule has 1 aromatic carbocycles. The molecule has 1 aromatic rings. The van der Waals surface area contributed by atoms with E-state index in [1.165, 1.54) is 0 Å². The maximum absolute atomic E-state index is 9.48. The van der Waals surface area contributed by atoms with Gasteiger partial charge in [-0.3, -0.25) is 0 Å². The molecule has 0 aliphatic carbocycles. The van der Waals surface area contributed by atoms with Crippen molar-refractivity contribution in [2.45, 2.75) is 32.9 Å². The van der Waals surface area contributed by atoms with Gasteiger partial charge in [0.2, 0.25) is 0 Å². The molecule has 0 unspecified atom stereocenters. The van der Waals surface area contributed by atoms with Gasteiger partial charge in [0.25, 0.3) is 0 Å². The molecule has 0 aromatic heterocycles. The second kappa shape index (κ2) is 6.24. The molecule has 0 heterocycles. The first-order chi connectivity index (χ1) is 7.97. The van der Waals surface area contributed by atoms with Crippen LogP contribution in [0, 0.1) is 0 Å². The predicted molar refractivity (Wildman–Crippen MR) is 71.7 cm³/mol. The monoisotopic (exact) mass is 257 g/mol. The maximum atomic E-state index is 9.48. The Kier molecular flexibility index (Phi) is 5.25. The Hall–Kier alpha value is -0.770. The molecule has 1 atom stereocenters. The molecule has 0 saturated carbocycles. The summed E-state index contributed by atoms with van der Waals surface area (Å²) in [6, 6.07) is 5.78. The fraction of sp³-hybridized carbons (Fsp3) is 0.538. The smallest absolute Gasteiger partial charge is 0.0762 e. The maximum Gasteiger partial charge on any atom is 0.0762 e. The number of hydrogen-bond acceptors (Lipinski definition) is 3. The first kappa shape index (κ1) is 14.3. The minimum absolute atomic E-state index is 0.0899. The Morgan fingerprint density at radius 1 is 1.29 bits per heavy atom. The van der Waals surface area contributed by atoms with Crippen LogP contribution in [0.1, 0.15) is 32.4 Å². The molecule has 17 heavy (non-hydrogen) atoms. The minimum atomic E-state index is -0.521. The summed E-state index contributed by atoms with van der Waals surface area (Å²) in [7, 11) is 0. The van der Waals surface area contributed by atoms with Crippen LogP contribution in [-0.4, -0.2) is 29.4 Å². The number of aliphatic hydroxyl groups is 2. The van der Waals surface area contributed by atoms with Crippen LogP contribution in [0.4, 0.5) is 5.69 Å². The van der Waals surface area contributed by atoms with Crippen LogP contribution in [0.15, 0.2) is 18.2 Å². The van der Waals surface area contributed by atoms with Crippen molar-refractivity contribution in [3.8, 4) is 0 Å². The molecule has 96 valence electrons. The Morgan fingerprint density at radius 3 is 2.35 bits per heavy atom. The summed E-state index contributed by atoms with van der Waals surface area (Å²) < 4.78 is 0. The summed E-state index contributed by atoms with van der Waals surface area (Å²) in [6.45, 7) is 6.44. The first-order valence-electron chi connectivity index (χ1n) is 5.82. The first-order valence-corrected chi connectivity index (χ1v) is 6.20. The molecular formula is C13H20ClNO2. The van der Waals surface area contributed by atoms with Gasteiger partial charge in [-0.25, -0.2) is 0 Å². The van der Waals surface area contributed by atoms with Crippen LogP contribution in [0.25, 0.3) is 0 Å². The van der Waals surface area contributed by atoms with Crippen LogP contribution < -0.4 is 4.90 Å². The van der Waals surface area contributed by atoms with Gasteiger partial charge in [0, 0.05) is 12.6 Å². The standard InChI is InChI=1S/C13H20ClNO2/c1-9(2)15(6-7-16)13-5-4-11(10(3)17)8-12(13)14/h4-5,8-10,16-17H,6-7H2,1-3H3/t10-/m1/s1. The van der Waals surface area contributed by atoms with Crippen LogP contribution in [0.3, 0.4) is 0 Å². The van der Waals surface area contributed by atoms with Crippen LogP contribution in [0.2, 0.25) is 5.02 Å². The highest BCUT2D eigenvalue weighted by Gasteiger charge is 2.14. The summed E-state index contributed by atoms with van der Waals surface area (Å²) in [5, 5.41) is 19.1. The lowest BCUT2D eigenvalue weighted by atomic mass is 10.1. The third-order valence-corrected chi connectivity index (χ3v) is 3.03. The van der Waals surface area contributed by atoms with E-state index in [1.54, 1.807) is 13.0 Å². The van der Waals surface area contributed by atoms with Crippen molar-refractivity contribution in [3.05, 3.63) is 28.8 Å². The molecule has 0 saturated heterocycles. The quantitative estimate of drug-likeness (QED) is 0.852. The zero-order valence-electron chi connectivity index (χ0n) is 10.5. The van der Waals surface area contributed by atoms with E-state index in [0.717, 1.165) is 11.3 Å². The van der Waals surface area contributed by atoms with Crippen molar-refractivity contribution in [2.24, 2.45) is 0 Å². The summed E-state index contributed by atoms with van der Waals surface area (Å²) in [4.78, 5) is 2.04. The summed E-state index contributed by atoms with van der Waals surface area (Å²) >= 11 is 6.21. The number of nitrogens with zero attached hydrogens (tertiary/aromatic N) is 1. The number of hydrogen-bond donors (Lipinski definition) is 2. The molecule has 4 heteroatoms. The van der Waals surface area contributed by atoms with Crippen molar-refractivity contribution in [1.29, 1.82) is 0 Å². The van der Waals surface area contributed by atoms with Crippen LogP contribution >= 0.6 is 11.6 Å². The fourth-order valence-corrected chi connectivity index (χ4v) is 2.08. The molecule has 0 spiro atoms.